The van der Waals surface area contributed by atoms with Gasteiger partial charge in [0.05, 0.1) is 6.07 Å². The molecule has 0 fully saturated rings. The highest BCUT2D eigenvalue weighted by atomic mass is 35.5. The normalized spacial score (nSPS) is 13.6. The molecule has 0 aliphatic rings. The van der Waals surface area contributed by atoms with Crippen molar-refractivity contribution >= 4 is 35.6 Å². The number of rotatable bonds is 1. The summed E-state index contributed by atoms with van der Waals surface area (Å²) in [5, 5.41) is 9.72. The lowest BCUT2D eigenvalue weighted by atomic mass is 9.95. The van der Waals surface area contributed by atoms with Gasteiger partial charge in [-0.1, -0.05) is 29.3 Å². The number of nitrogens with two attached hydrogens (primary N) is 1. The predicted octanol–water partition coefficient (Wildman–Crippen LogP) is 3.11. The molecular weight excluding hydrogens is 242 g/mol. The molecule has 0 spiro atoms. The zero-order valence-electron chi connectivity index (χ0n) is 7.42. The molecule has 0 amide bonds. The standard InChI is InChI=1S/C9H8Cl2N2.ClH/c1-9(13,5-12)7-3-2-6(10)4-8(7)11;/h2-4H,13H2,1H3;1H. The van der Waals surface area contributed by atoms with E-state index >= 15 is 0 Å². The Morgan fingerprint density at radius 3 is 2.43 bits per heavy atom. The second-order valence-electron chi connectivity index (χ2n) is 2.94. The first-order chi connectivity index (χ1) is 5.97. The topological polar surface area (TPSA) is 49.8 Å². The molecule has 1 rings (SSSR count). The number of benzene rings is 1. The molecule has 2 nitrogen and oxygen atoms in total. The van der Waals surface area contributed by atoms with E-state index in [0.29, 0.717) is 15.6 Å². The predicted molar refractivity (Wildman–Crippen MR) is 60.9 cm³/mol. The molecule has 0 saturated heterocycles. The Labute approximate surface area is 99.0 Å². The highest BCUT2D eigenvalue weighted by Crippen LogP contribution is 2.28. The molecule has 5 heteroatoms. The van der Waals surface area contributed by atoms with Gasteiger partial charge in [-0.25, -0.2) is 0 Å². The minimum Gasteiger partial charge on any atom is -0.310 e. The van der Waals surface area contributed by atoms with Crippen LogP contribution in [-0.2, 0) is 5.54 Å². The van der Waals surface area contributed by atoms with E-state index in [2.05, 4.69) is 0 Å². The monoisotopic (exact) mass is 250 g/mol. The van der Waals surface area contributed by atoms with E-state index < -0.39 is 5.54 Å². The van der Waals surface area contributed by atoms with Gasteiger partial charge in [0.25, 0.3) is 0 Å². The number of hydrogen-bond donors (Lipinski definition) is 1. The van der Waals surface area contributed by atoms with Gasteiger partial charge in [0.2, 0.25) is 0 Å². The van der Waals surface area contributed by atoms with Crippen LogP contribution in [0.4, 0.5) is 0 Å². The highest BCUT2D eigenvalue weighted by molar-refractivity contribution is 6.35. The van der Waals surface area contributed by atoms with Gasteiger partial charge in [0.1, 0.15) is 5.54 Å². The van der Waals surface area contributed by atoms with Crippen molar-refractivity contribution < 1.29 is 0 Å². The lowest BCUT2D eigenvalue weighted by Gasteiger charge is -2.17. The molecular formula is C9H9Cl3N2. The first-order valence-electron chi connectivity index (χ1n) is 3.63. The van der Waals surface area contributed by atoms with Crippen molar-refractivity contribution in [3.8, 4) is 6.07 Å². The van der Waals surface area contributed by atoms with Crippen LogP contribution < -0.4 is 5.73 Å². The van der Waals surface area contributed by atoms with Crippen molar-refractivity contribution in [1.29, 1.82) is 5.26 Å². The summed E-state index contributed by atoms with van der Waals surface area (Å²) in [4.78, 5) is 0. The van der Waals surface area contributed by atoms with Crippen molar-refractivity contribution in [3.63, 3.8) is 0 Å². The van der Waals surface area contributed by atoms with E-state index in [1.165, 1.54) is 0 Å². The van der Waals surface area contributed by atoms with Crippen LogP contribution in [0.3, 0.4) is 0 Å². The molecule has 1 aromatic carbocycles. The Bertz CT molecular complexity index is 369. The van der Waals surface area contributed by atoms with Gasteiger partial charge >= 0.3 is 0 Å². The molecule has 1 unspecified atom stereocenters. The zero-order chi connectivity index (χ0) is 10.1. The fourth-order valence-electron chi connectivity index (χ4n) is 0.971. The van der Waals surface area contributed by atoms with E-state index in [-0.39, 0.29) is 12.4 Å². The van der Waals surface area contributed by atoms with Crippen molar-refractivity contribution in [2.45, 2.75) is 12.5 Å². The van der Waals surface area contributed by atoms with Crippen molar-refractivity contribution in [2.75, 3.05) is 0 Å². The molecule has 76 valence electrons. The molecule has 0 saturated carbocycles. The van der Waals surface area contributed by atoms with Crippen LogP contribution in [0.15, 0.2) is 18.2 Å². The van der Waals surface area contributed by atoms with Gasteiger partial charge in [-0.05, 0) is 19.1 Å². The maximum atomic E-state index is 8.77. The summed E-state index contributed by atoms with van der Waals surface area (Å²) in [7, 11) is 0. The Kier molecular flexibility index (Phi) is 4.70. The molecule has 0 heterocycles. The summed E-state index contributed by atoms with van der Waals surface area (Å²) in [6.07, 6.45) is 0. The number of hydrogen-bond acceptors (Lipinski definition) is 2. The Morgan fingerprint density at radius 1 is 1.43 bits per heavy atom. The first kappa shape index (κ1) is 13.5. The zero-order valence-corrected chi connectivity index (χ0v) is 9.75. The largest absolute Gasteiger partial charge is 0.310 e. The number of nitrogens with zero attached hydrogens (tertiary/aromatic N) is 1. The van der Waals surface area contributed by atoms with Crippen LogP contribution >= 0.6 is 35.6 Å². The van der Waals surface area contributed by atoms with Crippen LogP contribution in [0.25, 0.3) is 0 Å². The van der Waals surface area contributed by atoms with E-state index in [9.17, 15) is 0 Å². The quantitative estimate of drug-likeness (QED) is 0.834. The summed E-state index contributed by atoms with van der Waals surface area (Å²) in [5.74, 6) is 0. The summed E-state index contributed by atoms with van der Waals surface area (Å²) in [6.45, 7) is 1.60. The van der Waals surface area contributed by atoms with E-state index in [1.807, 2.05) is 6.07 Å². The van der Waals surface area contributed by atoms with Crippen LogP contribution in [0, 0.1) is 11.3 Å². The minimum absolute atomic E-state index is 0. The molecule has 0 bridgehead atoms. The third-order valence-corrected chi connectivity index (χ3v) is 2.27. The molecule has 0 radical (unpaired) electrons. The summed E-state index contributed by atoms with van der Waals surface area (Å²) >= 11 is 11.6. The smallest absolute Gasteiger partial charge is 0.128 e. The molecule has 1 atom stereocenters. The fourth-order valence-corrected chi connectivity index (χ4v) is 1.58. The van der Waals surface area contributed by atoms with Gasteiger partial charge in [0.15, 0.2) is 0 Å². The third-order valence-electron chi connectivity index (χ3n) is 1.72. The van der Waals surface area contributed by atoms with Crippen LogP contribution in [0.2, 0.25) is 10.0 Å². The van der Waals surface area contributed by atoms with Crippen molar-refractivity contribution in [1.82, 2.24) is 0 Å². The van der Waals surface area contributed by atoms with Crippen LogP contribution in [-0.4, -0.2) is 0 Å². The van der Waals surface area contributed by atoms with Crippen molar-refractivity contribution in [2.24, 2.45) is 5.73 Å². The molecule has 2 N–H and O–H groups in total. The lowest BCUT2D eigenvalue weighted by molar-refractivity contribution is 0.647. The van der Waals surface area contributed by atoms with Crippen LogP contribution in [0.5, 0.6) is 0 Å². The fraction of sp³-hybridized carbons (Fsp3) is 0.222. The maximum Gasteiger partial charge on any atom is 0.128 e. The van der Waals surface area contributed by atoms with E-state index in [0.717, 1.165) is 0 Å². The minimum atomic E-state index is -1.07. The second kappa shape index (κ2) is 4.86. The van der Waals surface area contributed by atoms with Gasteiger partial charge in [-0.2, -0.15) is 5.26 Å². The maximum absolute atomic E-state index is 8.77. The number of halogens is 3. The average molecular weight is 252 g/mol. The molecule has 0 aliphatic heterocycles. The molecule has 0 aromatic heterocycles. The summed E-state index contributed by atoms with van der Waals surface area (Å²) < 4.78 is 0. The second-order valence-corrected chi connectivity index (χ2v) is 3.78. The SMILES string of the molecule is CC(N)(C#N)c1ccc(Cl)cc1Cl.Cl. The van der Waals surface area contributed by atoms with Crippen LogP contribution in [0.1, 0.15) is 12.5 Å². The van der Waals surface area contributed by atoms with Crippen molar-refractivity contribution in [3.05, 3.63) is 33.8 Å². The van der Waals surface area contributed by atoms with Gasteiger partial charge in [-0.3, -0.25) is 0 Å². The first-order valence-corrected chi connectivity index (χ1v) is 4.38. The van der Waals surface area contributed by atoms with E-state index in [1.54, 1.807) is 25.1 Å². The Hall–Kier alpha value is -0.460. The Morgan fingerprint density at radius 2 is 2.00 bits per heavy atom. The van der Waals surface area contributed by atoms with Gasteiger partial charge in [-0.15, -0.1) is 12.4 Å². The van der Waals surface area contributed by atoms with Gasteiger partial charge in [0, 0.05) is 15.6 Å². The molecule has 1 aromatic rings. The number of nitriles is 1. The molecule has 0 aliphatic carbocycles. The lowest BCUT2D eigenvalue weighted by Crippen LogP contribution is -2.31. The highest BCUT2D eigenvalue weighted by Gasteiger charge is 2.23. The van der Waals surface area contributed by atoms with E-state index in [4.69, 9.17) is 34.2 Å². The molecule has 14 heavy (non-hydrogen) atoms. The summed E-state index contributed by atoms with van der Waals surface area (Å²) in [5.41, 5.74) is 5.22. The Balaban J connectivity index is 0.00000169. The van der Waals surface area contributed by atoms with Gasteiger partial charge < -0.3 is 5.73 Å². The third kappa shape index (κ3) is 2.76. The average Bonchev–Trinajstić information content (AvgIpc) is 2.03. The summed E-state index contributed by atoms with van der Waals surface area (Å²) in [6, 6.07) is 6.86.